The van der Waals surface area contributed by atoms with Crippen LogP contribution in [0.15, 0.2) is 0 Å². The van der Waals surface area contributed by atoms with Crippen molar-refractivity contribution >= 4 is 17.7 Å². The molecule has 16 heteroatoms. The molecule has 0 bridgehead atoms. The van der Waals surface area contributed by atoms with E-state index >= 15 is 0 Å². The summed E-state index contributed by atoms with van der Waals surface area (Å²) >= 11 is 0. The van der Waals surface area contributed by atoms with Crippen molar-refractivity contribution in [2.24, 2.45) is 0 Å². The highest BCUT2D eigenvalue weighted by atomic mass is 16.6. The number of carbonyl (C=O) groups is 3. The Bertz CT molecular complexity index is 636. The van der Waals surface area contributed by atoms with Gasteiger partial charge in [0.15, 0.2) is 0 Å². The summed E-state index contributed by atoms with van der Waals surface area (Å²) in [6.45, 7) is 8.58. The normalized spacial score (nSPS) is 11.2. The zero-order chi connectivity index (χ0) is 31.5. The lowest BCUT2D eigenvalue weighted by Crippen LogP contribution is -2.17. The number of rotatable bonds is 36. The molecule has 0 fully saturated rings. The minimum atomic E-state index is -1.56. The molecule has 0 spiro atoms. The third kappa shape index (κ3) is 34.5. The van der Waals surface area contributed by atoms with Crippen molar-refractivity contribution in [1.29, 1.82) is 0 Å². The van der Waals surface area contributed by atoms with Crippen LogP contribution in [0.2, 0.25) is 0 Å². The zero-order valence-corrected chi connectivity index (χ0v) is 25.1. The number of ketones is 1. The van der Waals surface area contributed by atoms with Gasteiger partial charge in [0.2, 0.25) is 5.78 Å². The second kappa shape index (κ2) is 34.7. The van der Waals surface area contributed by atoms with Crippen LogP contribution in [0.4, 0.5) is 0 Å². The summed E-state index contributed by atoms with van der Waals surface area (Å²) in [5.41, 5.74) is 0. The van der Waals surface area contributed by atoms with Crippen LogP contribution >= 0.6 is 0 Å². The maximum atomic E-state index is 11.3. The van der Waals surface area contributed by atoms with Crippen LogP contribution in [-0.2, 0) is 66.5 Å². The molecule has 0 rings (SSSR count). The molecule has 0 aromatic heterocycles. The fourth-order valence-electron chi connectivity index (χ4n) is 2.75. The first-order valence-electron chi connectivity index (χ1n) is 14.4. The molecule has 0 unspecified atom stereocenters. The first-order chi connectivity index (χ1) is 21.1. The lowest BCUT2D eigenvalue weighted by Gasteiger charge is -2.09. The van der Waals surface area contributed by atoms with Gasteiger partial charge >= 0.3 is 11.9 Å². The maximum absolute atomic E-state index is 11.3. The fraction of sp³-hybridized carbons (Fsp3) is 0.889. The predicted molar refractivity (Wildman–Crippen MR) is 148 cm³/mol. The summed E-state index contributed by atoms with van der Waals surface area (Å²) in [6.07, 6.45) is -0.662. The standard InChI is InChI=1S/C27H50O16/c28-3-4-33-5-6-34-7-8-35-9-10-36-11-12-37-13-14-38-15-16-39-17-18-40-19-20-41-21-22-42-23-24-43-26(30)2-1-25(29)27(31)32/h28H,1-24H2,(H,31,32). The Hall–Kier alpha value is -1.83. The van der Waals surface area contributed by atoms with Crippen LogP contribution in [0.5, 0.6) is 0 Å². The van der Waals surface area contributed by atoms with Gasteiger partial charge in [-0.1, -0.05) is 0 Å². The van der Waals surface area contributed by atoms with E-state index in [-0.39, 0.29) is 32.7 Å². The summed E-state index contributed by atoms with van der Waals surface area (Å²) in [7, 11) is 0. The van der Waals surface area contributed by atoms with Crippen molar-refractivity contribution < 1.29 is 76.7 Å². The van der Waals surface area contributed by atoms with Gasteiger partial charge in [0, 0.05) is 6.42 Å². The van der Waals surface area contributed by atoms with Gasteiger partial charge in [-0.15, -0.1) is 0 Å². The average molecular weight is 631 g/mol. The Morgan fingerprint density at radius 3 is 0.884 bits per heavy atom. The molecular formula is C27H50O16. The zero-order valence-electron chi connectivity index (χ0n) is 25.1. The molecule has 2 N–H and O–H groups in total. The summed E-state index contributed by atoms with van der Waals surface area (Å²) < 4.78 is 58.3. The van der Waals surface area contributed by atoms with Crippen molar-refractivity contribution in [2.75, 3.05) is 145 Å². The number of Topliss-reactive ketones (excluding diaryl/α,β-unsaturated/α-hetero) is 1. The quantitative estimate of drug-likeness (QED) is 0.0492. The molecule has 0 atom stereocenters. The first-order valence-corrected chi connectivity index (χ1v) is 14.4. The van der Waals surface area contributed by atoms with Crippen LogP contribution in [-0.4, -0.2) is 173 Å². The van der Waals surface area contributed by atoms with Crippen LogP contribution in [0.25, 0.3) is 0 Å². The number of carbonyl (C=O) groups excluding carboxylic acids is 2. The molecule has 254 valence electrons. The number of hydrogen-bond acceptors (Lipinski definition) is 15. The van der Waals surface area contributed by atoms with Gasteiger partial charge in [-0.3, -0.25) is 9.59 Å². The number of aliphatic carboxylic acids is 1. The van der Waals surface area contributed by atoms with Gasteiger partial charge in [-0.2, -0.15) is 0 Å². The average Bonchev–Trinajstić information content (AvgIpc) is 3.00. The number of esters is 1. The molecule has 0 amide bonds. The Morgan fingerprint density at radius 2 is 0.628 bits per heavy atom. The SMILES string of the molecule is O=C(CCC(=O)C(=O)O)OCCOCCOCCOCCOCCOCCOCCOCCOCCOCCOCCO. The van der Waals surface area contributed by atoms with Crippen LogP contribution in [0.1, 0.15) is 12.8 Å². The van der Waals surface area contributed by atoms with Crippen molar-refractivity contribution in [2.45, 2.75) is 12.8 Å². The van der Waals surface area contributed by atoms with Gasteiger partial charge in [0.1, 0.15) is 6.61 Å². The van der Waals surface area contributed by atoms with E-state index in [0.717, 1.165) is 0 Å². The fourth-order valence-corrected chi connectivity index (χ4v) is 2.75. The van der Waals surface area contributed by atoms with Crippen LogP contribution in [0.3, 0.4) is 0 Å². The van der Waals surface area contributed by atoms with Crippen LogP contribution < -0.4 is 0 Å². The highest BCUT2D eigenvalue weighted by Gasteiger charge is 2.14. The largest absolute Gasteiger partial charge is 0.476 e. The third-order valence-corrected chi connectivity index (χ3v) is 4.87. The summed E-state index contributed by atoms with van der Waals surface area (Å²) in [5.74, 6) is -3.24. The minimum absolute atomic E-state index is 0.0127. The van der Waals surface area contributed by atoms with E-state index in [1.54, 1.807) is 0 Å². The van der Waals surface area contributed by atoms with E-state index < -0.39 is 17.7 Å². The van der Waals surface area contributed by atoms with E-state index in [0.29, 0.717) is 126 Å². The smallest absolute Gasteiger partial charge is 0.372 e. The molecule has 0 heterocycles. The second-order valence-corrected chi connectivity index (χ2v) is 8.30. The molecule has 0 radical (unpaired) electrons. The number of hydrogen-bond donors (Lipinski definition) is 2. The molecule has 0 aromatic rings. The summed E-state index contributed by atoms with van der Waals surface area (Å²) in [6, 6.07) is 0. The van der Waals surface area contributed by atoms with E-state index in [1.165, 1.54) is 0 Å². The maximum Gasteiger partial charge on any atom is 0.372 e. The molecule has 0 aliphatic rings. The predicted octanol–water partition coefficient (Wildman–Crippen LogP) is -0.878. The lowest BCUT2D eigenvalue weighted by atomic mass is 10.2. The Morgan fingerprint density at radius 1 is 0.372 bits per heavy atom. The van der Waals surface area contributed by atoms with Crippen molar-refractivity contribution in [1.82, 2.24) is 0 Å². The van der Waals surface area contributed by atoms with Gasteiger partial charge in [-0.25, -0.2) is 4.79 Å². The molecule has 0 aliphatic heterocycles. The summed E-state index contributed by atoms with van der Waals surface area (Å²) in [4.78, 5) is 32.6. The van der Waals surface area contributed by atoms with Crippen molar-refractivity contribution in [3.63, 3.8) is 0 Å². The van der Waals surface area contributed by atoms with Crippen molar-refractivity contribution in [3.8, 4) is 0 Å². The molecule has 0 saturated carbocycles. The second-order valence-electron chi connectivity index (χ2n) is 8.30. The molecule has 0 aromatic carbocycles. The van der Waals surface area contributed by atoms with Gasteiger partial charge in [0.05, 0.1) is 145 Å². The number of ether oxygens (including phenoxy) is 11. The highest BCUT2D eigenvalue weighted by Crippen LogP contribution is 1.95. The molecule has 16 nitrogen and oxygen atoms in total. The van der Waals surface area contributed by atoms with E-state index in [1.807, 2.05) is 0 Å². The first kappa shape index (κ1) is 41.2. The highest BCUT2D eigenvalue weighted by molar-refractivity contribution is 6.32. The Kier molecular flexibility index (Phi) is 33.2. The molecule has 0 saturated heterocycles. The minimum Gasteiger partial charge on any atom is -0.476 e. The number of carboxylic acid groups (broad SMARTS) is 1. The topological polar surface area (TPSA) is 193 Å². The van der Waals surface area contributed by atoms with E-state index in [2.05, 4.69) is 0 Å². The summed E-state index contributed by atoms with van der Waals surface area (Å²) in [5, 5.41) is 17.0. The monoisotopic (exact) mass is 630 g/mol. The Labute approximate surface area is 253 Å². The van der Waals surface area contributed by atoms with Gasteiger partial charge in [0.25, 0.3) is 0 Å². The van der Waals surface area contributed by atoms with Gasteiger partial charge < -0.3 is 62.3 Å². The molecule has 43 heavy (non-hydrogen) atoms. The van der Waals surface area contributed by atoms with E-state index in [9.17, 15) is 14.4 Å². The molecule has 0 aliphatic carbocycles. The Balaban J connectivity index is 3.12. The van der Waals surface area contributed by atoms with Crippen molar-refractivity contribution in [3.05, 3.63) is 0 Å². The number of aliphatic hydroxyl groups is 1. The van der Waals surface area contributed by atoms with Gasteiger partial charge in [-0.05, 0) is 0 Å². The molecular weight excluding hydrogens is 580 g/mol. The number of aliphatic hydroxyl groups excluding tert-OH is 1. The third-order valence-electron chi connectivity index (χ3n) is 4.87. The van der Waals surface area contributed by atoms with Crippen LogP contribution in [0, 0.1) is 0 Å². The van der Waals surface area contributed by atoms with E-state index in [4.69, 9.17) is 62.3 Å². The number of carboxylic acids is 1. The lowest BCUT2D eigenvalue weighted by molar-refractivity contribution is -0.151.